The molecule has 0 spiro atoms. The van der Waals surface area contributed by atoms with Crippen molar-refractivity contribution in [3.8, 4) is 11.5 Å². The van der Waals surface area contributed by atoms with Gasteiger partial charge in [-0.15, -0.1) is 11.3 Å². The number of hydrogen-bond acceptors (Lipinski definition) is 5. The van der Waals surface area contributed by atoms with Crippen LogP contribution in [0.25, 0.3) is 6.08 Å². The molecular weight excluding hydrogens is 401 g/mol. The first-order valence-corrected chi connectivity index (χ1v) is 10.7. The Labute approximate surface area is 178 Å². The molecule has 5 rings (SSSR count). The van der Waals surface area contributed by atoms with E-state index >= 15 is 0 Å². The number of halogens is 1. The minimum Gasteiger partial charge on any atom is -0.478 e. The molecule has 6 heteroatoms. The van der Waals surface area contributed by atoms with Gasteiger partial charge in [0.2, 0.25) is 5.78 Å². The molecule has 2 aliphatic heterocycles. The first kappa shape index (κ1) is 19.0. The molecule has 0 saturated carbocycles. The largest absolute Gasteiger partial charge is 0.478 e. The number of allylic oxidation sites excluding steroid dienone is 1. The maximum absolute atomic E-state index is 13.1. The molecule has 4 nitrogen and oxygen atoms in total. The topological polar surface area (TPSA) is 38.8 Å². The zero-order valence-corrected chi connectivity index (χ0v) is 17.3. The highest BCUT2D eigenvalue weighted by Gasteiger charge is 2.35. The fraction of sp³-hybridized carbons (Fsp3) is 0.208. The number of Topliss-reactive ketones (excluding diaryl/α,β-unsaturated/α-hetero) is 1. The third kappa shape index (κ3) is 3.53. The van der Waals surface area contributed by atoms with E-state index in [2.05, 4.69) is 4.90 Å². The van der Waals surface area contributed by atoms with Crippen molar-refractivity contribution in [3.05, 3.63) is 86.6 Å². The highest BCUT2D eigenvalue weighted by molar-refractivity contribution is 7.10. The van der Waals surface area contributed by atoms with E-state index in [0.29, 0.717) is 30.3 Å². The van der Waals surface area contributed by atoms with E-state index in [1.54, 1.807) is 29.5 Å². The van der Waals surface area contributed by atoms with Crippen molar-refractivity contribution in [2.45, 2.75) is 19.9 Å². The van der Waals surface area contributed by atoms with Gasteiger partial charge < -0.3 is 9.47 Å². The van der Waals surface area contributed by atoms with Crippen LogP contribution in [0.4, 0.5) is 4.39 Å². The van der Waals surface area contributed by atoms with Gasteiger partial charge in [-0.3, -0.25) is 9.69 Å². The minimum absolute atomic E-state index is 0.0814. The molecule has 0 bridgehead atoms. The molecule has 0 fully saturated rings. The first-order chi connectivity index (χ1) is 14.6. The quantitative estimate of drug-likeness (QED) is 0.543. The number of aryl methyl sites for hydroxylation is 1. The van der Waals surface area contributed by atoms with Crippen molar-refractivity contribution >= 4 is 23.2 Å². The third-order valence-corrected chi connectivity index (χ3v) is 6.25. The number of thiophene rings is 1. The lowest BCUT2D eigenvalue weighted by atomic mass is 9.98. The van der Waals surface area contributed by atoms with Crippen molar-refractivity contribution in [1.29, 1.82) is 0 Å². The summed E-state index contributed by atoms with van der Waals surface area (Å²) in [5, 5.41) is 1.97. The average Bonchev–Trinajstić information content (AvgIpc) is 3.37. The zero-order chi connectivity index (χ0) is 20.7. The molecule has 0 saturated heterocycles. The summed E-state index contributed by atoms with van der Waals surface area (Å²) >= 11 is 1.56. The molecule has 0 aliphatic carbocycles. The van der Waals surface area contributed by atoms with Gasteiger partial charge in [-0.1, -0.05) is 18.2 Å². The summed E-state index contributed by atoms with van der Waals surface area (Å²) in [7, 11) is 0. The van der Waals surface area contributed by atoms with Crippen LogP contribution in [0.2, 0.25) is 0 Å². The maximum Gasteiger partial charge on any atom is 0.232 e. The fourth-order valence-corrected chi connectivity index (χ4v) is 4.51. The highest BCUT2D eigenvalue weighted by Crippen LogP contribution is 2.44. The molecule has 1 aromatic heterocycles. The summed E-state index contributed by atoms with van der Waals surface area (Å²) in [5.74, 6) is 1.43. The van der Waals surface area contributed by atoms with Gasteiger partial charge in [0.1, 0.15) is 24.0 Å². The van der Waals surface area contributed by atoms with Crippen LogP contribution in [-0.2, 0) is 13.0 Å². The second kappa shape index (κ2) is 7.70. The van der Waals surface area contributed by atoms with Crippen molar-refractivity contribution in [2.75, 3.05) is 13.3 Å². The molecule has 2 aliphatic rings. The van der Waals surface area contributed by atoms with E-state index in [0.717, 1.165) is 40.3 Å². The van der Waals surface area contributed by atoms with Crippen molar-refractivity contribution in [1.82, 2.24) is 4.90 Å². The molecule has 3 heterocycles. The number of carbonyl (C=O) groups excluding carboxylic acids is 1. The molecule has 30 heavy (non-hydrogen) atoms. The van der Waals surface area contributed by atoms with Gasteiger partial charge in [0.25, 0.3) is 0 Å². The predicted molar refractivity (Wildman–Crippen MR) is 114 cm³/mol. The lowest BCUT2D eigenvalue weighted by Crippen LogP contribution is -2.33. The number of hydrogen-bond donors (Lipinski definition) is 0. The molecule has 0 atom stereocenters. The lowest BCUT2D eigenvalue weighted by Gasteiger charge is -2.30. The lowest BCUT2D eigenvalue weighted by molar-refractivity contribution is 0.0949. The summed E-state index contributed by atoms with van der Waals surface area (Å²) in [4.78, 5) is 16.1. The van der Waals surface area contributed by atoms with Crippen molar-refractivity contribution in [3.63, 3.8) is 0 Å². The molecule has 2 aromatic carbocycles. The Morgan fingerprint density at radius 1 is 1.23 bits per heavy atom. The predicted octanol–water partition coefficient (Wildman–Crippen LogP) is 5.21. The Balaban J connectivity index is 1.39. The second-order valence-corrected chi connectivity index (χ2v) is 8.51. The summed E-state index contributed by atoms with van der Waals surface area (Å²) in [6, 6.07) is 12.4. The van der Waals surface area contributed by atoms with Gasteiger partial charge in [-0.05, 0) is 54.1 Å². The van der Waals surface area contributed by atoms with Crippen LogP contribution in [0, 0.1) is 12.7 Å². The zero-order valence-electron chi connectivity index (χ0n) is 16.5. The van der Waals surface area contributed by atoms with Gasteiger partial charge in [0, 0.05) is 24.0 Å². The molecule has 0 radical (unpaired) electrons. The Bertz CT molecular complexity index is 1140. The Hall–Kier alpha value is -2.96. The molecule has 0 amide bonds. The van der Waals surface area contributed by atoms with Crippen LogP contribution >= 0.6 is 11.3 Å². The third-order valence-electron chi connectivity index (χ3n) is 5.43. The smallest absolute Gasteiger partial charge is 0.232 e. The van der Waals surface area contributed by atoms with Gasteiger partial charge in [-0.25, -0.2) is 4.39 Å². The number of fused-ring (bicyclic) bond motifs is 3. The molecule has 0 unspecified atom stereocenters. The van der Waals surface area contributed by atoms with E-state index in [9.17, 15) is 9.18 Å². The number of benzene rings is 2. The van der Waals surface area contributed by atoms with Gasteiger partial charge in [-0.2, -0.15) is 0 Å². The monoisotopic (exact) mass is 421 g/mol. The van der Waals surface area contributed by atoms with Crippen molar-refractivity contribution in [2.24, 2.45) is 0 Å². The first-order valence-electron chi connectivity index (χ1n) is 9.82. The number of ketones is 1. The molecular formula is C24H20FNO3S. The standard InChI is InChI=1S/C24H20FNO3S/c1-15-11-20-19(13-26(14-28-20)9-8-16-4-6-17(25)7-5-16)24-22(15)23(27)21(29-24)12-18-3-2-10-30-18/h2-7,10-12H,8-9,13-14H2,1H3/b21-12+. The van der Waals surface area contributed by atoms with E-state index in [-0.39, 0.29) is 11.6 Å². The highest BCUT2D eigenvalue weighted by atomic mass is 32.1. The number of rotatable bonds is 4. The van der Waals surface area contributed by atoms with E-state index in [1.165, 1.54) is 12.1 Å². The maximum atomic E-state index is 13.1. The Morgan fingerprint density at radius 2 is 2.07 bits per heavy atom. The van der Waals surface area contributed by atoms with Crippen LogP contribution in [0.1, 0.15) is 31.9 Å². The SMILES string of the molecule is Cc1cc2c(c3c1C(=O)/C(=C\c1cccs1)O3)CN(CCc1ccc(F)cc1)CO2. The molecule has 0 N–H and O–H groups in total. The molecule has 152 valence electrons. The minimum atomic E-state index is -0.229. The summed E-state index contributed by atoms with van der Waals surface area (Å²) in [6.45, 7) is 3.79. The summed E-state index contributed by atoms with van der Waals surface area (Å²) < 4.78 is 25.2. The van der Waals surface area contributed by atoms with Crippen LogP contribution in [-0.4, -0.2) is 24.0 Å². The number of carbonyl (C=O) groups is 1. The molecule has 3 aromatic rings. The number of ether oxygens (including phenoxy) is 2. The summed E-state index contributed by atoms with van der Waals surface area (Å²) in [6.07, 6.45) is 2.59. The van der Waals surface area contributed by atoms with E-state index in [4.69, 9.17) is 9.47 Å². The van der Waals surface area contributed by atoms with Crippen LogP contribution in [0.15, 0.2) is 53.6 Å². The fourth-order valence-electron chi connectivity index (χ4n) is 3.86. The Morgan fingerprint density at radius 3 is 2.83 bits per heavy atom. The average molecular weight is 421 g/mol. The normalized spacial score (nSPS) is 16.9. The van der Waals surface area contributed by atoms with Gasteiger partial charge in [0.05, 0.1) is 11.1 Å². The second-order valence-electron chi connectivity index (χ2n) is 7.53. The van der Waals surface area contributed by atoms with Crippen LogP contribution < -0.4 is 9.47 Å². The van der Waals surface area contributed by atoms with Crippen LogP contribution in [0.3, 0.4) is 0 Å². The van der Waals surface area contributed by atoms with Crippen molar-refractivity contribution < 1.29 is 18.7 Å². The Kier molecular flexibility index (Phi) is 4.89. The van der Waals surface area contributed by atoms with E-state index < -0.39 is 0 Å². The summed E-state index contributed by atoms with van der Waals surface area (Å²) in [5.41, 5.74) is 3.47. The van der Waals surface area contributed by atoms with Gasteiger partial charge >= 0.3 is 0 Å². The van der Waals surface area contributed by atoms with Crippen LogP contribution in [0.5, 0.6) is 11.5 Å². The number of nitrogens with zero attached hydrogens (tertiary/aromatic N) is 1. The van der Waals surface area contributed by atoms with Gasteiger partial charge in [0.15, 0.2) is 5.76 Å². The van der Waals surface area contributed by atoms with E-state index in [1.807, 2.05) is 30.5 Å².